The first-order chi connectivity index (χ1) is 20.0. The van der Waals surface area contributed by atoms with E-state index in [-0.39, 0.29) is 12.1 Å². The van der Waals surface area contributed by atoms with E-state index in [0.29, 0.717) is 41.3 Å². The van der Waals surface area contributed by atoms with E-state index in [1.807, 2.05) is 66.7 Å². The Morgan fingerprint density at radius 2 is 1.59 bits per heavy atom. The topological polar surface area (TPSA) is 97.5 Å². The fraction of sp³-hybridized carbons (Fsp3) is 0.182. The van der Waals surface area contributed by atoms with Gasteiger partial charge in [0.2, 0.25) is 0 Å². The van der Waals surface area contributed by atoms with Gasteiger partial charge in [0.15, 0.2) is 0 Å². The second-order valence-corrected chi connectivity index (χ2v) is 11.2. The van der Waals surface area contributed by atoms with Crippen molar-refractivity contribution in [2.45, 2.75) is 25.9 Å². The Labute approximate surface area is 242 Å². The fourth-order valence-electron chi connectivity index (χ4n) is 5.10. The molecule has 0 aliphatic carbocycles. The van der Waals surface area contributed by atoms with E-state index >= 15 is 0 Å². The quantitative estimate of drug-likeness (QED) is 0.218. The number of nitrogens with one attached hydrogen (secondary N) is 1. The summed E-state index contributed by atoms with van der Waals surface area (Å²) in [4.78, 5) is 33.7. The summed E-state index contributed by atoms with van der Waals surface area (Å²) in [7, 11) is 0. The van der Waals surface area contributed by atoms with Gasteiger partial charge in [-0.25, -0.2) is 14.6 Å². The van der Waals surface area contributed by atoms with Gasteiger partial charge >= 0.3 is 12.0 Å². The molecule has 2 aromatic heterocycles. The Bertz CT molecular complexity index is 1690. The zero-order valence-electron chi connectivity index (χ0n) is 22.7. The zero-order valence-corrected chi connectivity index (χ0v) is 23.5. The summed E-state index contributed by atoms with van der Waals surface area (Å²) in [5.74, 6) is -0.450. The predicted octanol–water partition coefficient (Wildman–Crippen LogP) is 7.37. The highest BCUT2D eigenvalue weighted by molar-refractivity contribution is 7.21. The predicted molar refractivity (Wildman–Crippen MR) is 165 cm³/mol. The minimum absolute atomic E-state index is 0.154. The number of aromatic nitrogens is 1. The number of nitrogens with two attached hydrogens (primary N) is 1. The number of aryl methyl sites for hydroxylation is 1. The van der Waals surface area contributed by atoms with Gasteiger partial charge in [0.25, 0.3) is 0 Å². The van der Waals surface area contributed by atoms with Gasteiger partial charge in [0.05, 0.1) is 11.4 Å². The maximum Gasteiger partial charge on any atom is 0.350 e. The van der Waals surface area contributed by atoms with Crippen LogP contribution in [0, 0.1) is 6.92 Å². The molecule has 0 spiro atoms. The third kappa shape index (κ3) is 5.64. The standard InChI is InChI=1S/C33H30N4O3S/c1-21-12-14-22(15-13-21)26-20-27(23-8-4-2-5-9-23)36-31-28(26)29(34)30(41-31)32(38)40-25-16-18-37(19-17-25)33(39)35-24-10-6-3-7-11-24/h2-15,20,25H,16-19,34H2,1H3,(H,35,39). The van der Waals surface area contributed by atoms with Crippen molar-refractivity contribution in [3.8, 4) is 22.4 Å². The number of benzene rings is 3. The lowest BCUT2D eigenvalue weighted by Crippen LogP contribution is -2.43. The van der Waals surface area contributed by atoms with Crippen LogP contribution in [0.3, 0.4) is 0 Å². The molecule has 1 aliphatic heterocycles. The van der Waals surface area contributed by atoms with E-state index in [1.54, 1.807) is 4.90 Å². The Kier molecular flexibility index (Phi) is 7.39. The number of thiophene rings is 1. The molecule has 3 aromatic carbocycles. The number of hydrogen-bond acceptors (Lipinski definition) is 6. The van der Waals surface area contributed by atoms with Crippen LogP contribution in [-0.2, 0) is 4.74 Å². The van der Waals surface area contributed by atoms with Crippen molar-refractivity contribution in [1.82, 2.24) is 9.88 Å². The van der Waals surface area contributed by atoms with Crippen molar-refractivity contribution in [1.29, 1.82) is 0 Å². The number of carbonyl (C=O) groups excluding carboxylic acids is 2. The molecule has 41 heavy (non-hydrogen) atoms. The molecule has 1 saturated heterocycles. The van der Waals surface area contributed by atoms with E-state index < -0.39 is 5.97 Å². The number of ether oxygens (including phenoxy) is 1. The van der Waals surface area contributed by atoms with Crippen molar-refractivity contribution in [3.05, 3.63) is 101 Å². The largest absolute Gasteiger partial charge is 0.458 e. The van der Waals surface area contributed by atoms with Gasteiger partial charge in [-0.05, 0) is 36.2 Å². The number of anilines is 2. The van der Waals surface area contributed by atoms with E-state index in [9.17, 15) is 9.59 Å². The molecule has 0 atom stereocenters. The Balaban J connectivity index is 1.23. The van der Waals surface area contributed by atoms with Crippen LogP contribution in [-0.4, -0.2) is 41.1 Å². The molecule has 8 heteroatoms. The van der Waals surface area contributed by atoms with Gasteiger partial charge in [-0.3, -0.25) is 0 Å². The second kappa shape index (κ2) is 11.4. The number of rotatable bonds is 5. The van der Waals surface area contributed by atoms with Gasteiger partial charge < -0.3 is 20.7 Å². The molecule has 206 valence electrons. The molecule has 3 N–H and O–H groups in total. The van der Waals surface area contributed by atoms with Crippen LogP contribution in [0.5, 0.6) is 0 Å². The molecule has 7 nitrogen and oxygen atoms in total. The van der Waals surface area contributed by atoms with Crippen LogP contribution in [0.2, 0.25) is 0 Å². The molecule has 0 bridgehead atoms. The highest BCUT2D eigenvalue weighted by Crippen LogP contribution is 2.42. The van der Waals surface area contributed by atoms with E-state index in [1.165, 1.54) is 11.3 Å². The molecule has 6 rings (SSSR count). The number of urea groups is 1. The van der Waals surface area contributed by atoms with Crippen LogP contribution in [0.25, 0.3) is 32.6 Å². The van der Waals surface area contributed by atoms with Gasteiger partial charge in [-0.1, -0.05) is 78.4 Å². The number of fused-ring (bicyclic) bond motifs is 1. The number of hydrogen-bond donors (Lipinski definition) is 2. The second-order valence-electron chi connectivity index (χ2n) is 10.2. The monoisotopic (exact) mass is 562 g/mol. The smallest absolute Gasteiger partial charge is 0.350 e. The maximum atomic E-state index is 13.4. The summed E-state index contributed by atoms with van der Waals surface area (Å²) < 4.78 is 5.92. The Hall–Kier alpha value is -4.69. The van der Waals surface area contributed by atoms with E-state index in [4.69, 9.17) is 15.5 Å². The molecular formula is C33H30N4O3S. The molecule has 3 heterocycles. The number of carbonyl (C=O) groups is 2. The summed E-state index contributed by atoms with van der Waals surface area (Å²) >= 11 is 1.26. The third-order valence-electron chi connectivity index (χ3n) is 7.34. The first-order valence-electron chi connectivity index (χ1n) is 13.6. The van der Waals surface area contributed by atoms with Crippen LogP contribution in [0.15, 0.2) is 91.0 Å². The number of nitrogen functional groups attached to an aromatic ring is 1. The normalized spacial score (nSPS) is 13.7. The number of esters is 1. The van der Waals surface area contributed by atoms with E-state index in [0.717, 1.165) is 39.0 Å². The average Bonchev–Trinajstić information content (AvgIpc) is 3.35. The van der Waals surface area contributed by atoms with Crippen molar-refractivity contribution < 1.29 is 14.3 Å². The first kappa shape index (κ1) is 26.5. The number of likely N-dealkylation sites (tertiary alicyclic amines) is 1. The Morgan fingerprint density at radius 3 is 2.27 bits per heavy atom. The lowest BCUT2D eigenvalue weighted by molar-refractivity contribution is 0.0164. The lowest BCUT2D eigenvalue weighted by atomic mass is 9.99. The number of para-hydroxylation sites is 1. The number of amides is 2. The van der Waals surface area contributed by atoms with Crippen molar-refractivity contribution in [2.24, 2.45) is 0 Å². The molecule has 1 aliphatic rings. The van der Waals surface area contributed by atoms with Crippen LogP contribution >= 0.6 is 11.3 Å². The average molecular weight is 563 g/mol. The van der Waals surface area contributed by atoms with Crippen LogP contribution in [0.1, 0.15) is 28.1 Å². The number of piperidine rings is 1. The highest BCUT2D eigenvalue weighted by Gasteiger charge is 2.28. The van der Waals surface area contributed by atoms with Gasteiger partial charge in [0.1, 0.15) is 15.8 Å². The molecule has 0 unspecified atom stereocenters. The lowest BCUT2D eigenvalue weighted by Gasteiger charge is -2.31. The highest BCUT2D eigenvalue weighted by atomic mass is 32.1. The summed E-state index contributed by atoms with van der Waals surface area (Å²) in [6, 6.07) is 29.5. The van der Waals surface area contributed by atoms with Crippen molar-refractivity contribution in [3.63, 3.8) is 0 Å². The van der Waals surface area contributed by atoms with Crippen LogP contribution in [0.4, 0.5) is 16.2 Å². The Morgan fingerprint density at radius 1 is 0.927 bits per heavy atom. The number of nitrogens with zero attached hydrogens (tertiary/aromatic N) is 2. The minimum Gasteiger partial charge on any atom is -0.458 e. The van der Waals surface area contributed by atoms with Gasteiger partial charge in [-0.2, -0.15) is 0 Å². The van der Waals surface area contributed by atoms with Crippen molar-refractivity contribution in [2.75, 3.05) is 24.1 Å². The third-order valence-corrected chi connectivity index (χ3v) is 8.42. The summed E-state index contributed by atoms with van der Waals surface area (Å²) in [6.07, 6.45) is 0.824. The summed E-state index contributed by atoms with van der Waals surface area (Å²) in [5, 5.41) is 3.67. The van der Waals surface area contributed by atoms with Gasteiger partial charge in [-0.15, -0.1) is 11.3 Å². The zero-order chi connectivity index (χ0) is 28.3. The molecule has 2 amide bonds. The minimum atomic E-state index is -0.450. The van der Waals surface area contributed by atoms with E-state index in [2.05, 4.69) is 36.5 Å². The summed E-state index contributed by atoms with van der Waals surface area (Å²) in [5.41, 5.74) is 12.7. The van der Waals surface area contributed by atoms with Crippen LogP contribution < -0.4 is 11.1 Å². The fourth-order valence-corrected chi connectivity index (χ4v) is 6.10. The molecule has 0 saturated carbocycles. The maximum absolute atomic E-state index is 13.4. The molecule has 0 radical (unpaired) electrons. The van der Waals surface area contributed by atoms with Gasteiger partial charge in [0, 0.05) is 42.6 Å². The number of pyridine rings is 1. The first-order valence-corrected chi connectivity index (χ1v) is 14.5. The van der Waals surface area contributed by atoms with Crippen molar-refractivity contribution >= 4 is 44.9 Å². The SMILES string of the molecule is Cc1ccc(-c2cc(-c3ccccc3)nc3sc(C(=O)OC4CCN(C(=O)Nc5ccccc5)CC4)c(N)c23)cc1. The summed E-state index contributed by atoms with van der Waals surface area (Å²) in [6.45, 7) is 3.05. The molecular weight excluding hydrogens is 532 g/mol. The molecule has 1 fully saturated rings. The molecule has 5 aromatic rings.